The second-order valence-electron chi connectivity index (χ2n) is 8.00. The fraction of sp³-hybridized carbons (Fsp3) is 0.240. The average Bonchev–Trinajstić information content (AvgIpc) is 2.74. The van der Waals surface area contributed by atoms with Crippen molar-refractivity contribution in [3.05, 3.63) is 95.1 Å². The van der Waals surface area contributed by atoms with Crippen molar-refractivity contribution in [2.75, 3.05) is 4.72 Å². The number of sulfonamides is 1. The number of anilines is 1. The molecule has 0 radical (unpaired) electrons. The zero-order valence-electron chi connectivity index (χ0n) is 18.2. The number of carbonyl (C=O) groups excluding carboxylic acids is 1. The Morgan fingerprint density at radius 3 is 2.13 bits per heavy atom. The predicted molar refractivity (Wildman–Crippen MR) is 125 cm³/mol. The highest BCUT2D eigenvalue weighted by molar-refractivity contribution is 7.92. The molecule has 0 saturated carbocycles. The van der Waals surface area contributed by atoms with Crippen molar-refractivity contribution in [2.24, 2.45) is 5.92 Å². The van der Waals surface area contributed by atoms with Crippen molar-refractivity contribution < 1.29 is 13.2 Å². The molecule has 0 heterocycles. The van der Waals surface area contributed by atoms with Crippen LogP contribution in [0.25, 0.3) is 0 Å². The van der Waals surface area contributed by atoms with Crippen molar-refractivity contribution in [2.45, 2.75) is 38.6 Å². The molecule has 0 spiro atoms. The van der Waals surface area contributed by atoms with Crippen LogP contribution in [-0.2, 0) is 10.0 Å². The number of aryl methyl sites for hydroxylation is 2. The molecule has 3 rings (SSSR count). The van der Waals surface area contributed by atoms with E-state index in [4.69, 9.17) is 0 Å². The number of benzene rings is 3. The van der Waals surface area contributed by atoms with Crippen LogP contribution >= 0.6 is 0 Å². The minimum Gasteiger partial charge on any atom is -0.345 e. The fourth-order valence-electron chi connectivity index (χ4n) is 3.46. The average molecular weight is 437 g/mol. The number of hydrogen-bond acceptors (Lipinski definition) is 3. The summed E-state index contributed by atoms with van der Waals surface area (Å²) in [4.78, 5) is 13.1. The van der Waals surface area contributed by atoms with Crippen molar-refractivity contribution in [1.29, 1.82) is 0 Å². The zero-order valence-corrected chi connectivity index (χ0v) is 19.0. The first-order valence-electron chi connectivity index (χ1n) is 10.2. The monoisotopic (exact) mass is 436 g/mol. The van der Waals surface area contributed by atoms with Gasteiger partial charge in [-0.2, -0.15) is 0 Å². The van der Waals surface area contributed by atoms with Gasteiger partial charge in [-0.1, -0.05) is 62.4 Å². The molecule has 0 aromatic heterocycles. The van der Waals surface area contributed by atoms with Gasteiger partial charge in [0.25, 0.3) is 15.9 Å². The minimum absolute atomic E-state index is 0.0420. The molecule has 1 atom stereocenters. The van der Waals surface area contributed by atoms with Gasteiger partial charge < -0.3 is 5.32 Å². The first-order valence-corrected chi connectivity index (χ1v) is 11.7. The van der Waals surface area contributed by atoms with Gasteiger partial charge >= 0.3 is 0 Å². The van der Waals surface area contributed by atoms with Gasteiger partial charge in [-0.15, -0.1) is 0 Å². The van der Waals surface area contributed by atoms with Crippen LogP contribution < -0.4 is 10.0 Å². The van der Waals surface area contributed by atoms with Gasteiger partial charge in [-0.05, 0) is 60.7 Å². The Morgan fingerprint density at radius 1 is 0.839 bits per heavy atom. The number of nitrogens with one attached hydrogen (secondary N) is 2. The topological polar surface area (TPSA) is 75.3 Å². The third-order valence-electron chi connectivity index (χ3n) is 5.27. The van der Waals surface area contributed by atoms with E-state index in [1.54, 1.807) is 24.3 Å². The quantitative estimate of drug-likeness (QED) is 0.532. The van der Waals surface area contributed by atoms with Gasteiger partial charge in [0.05, 0.1) is 16.6 Å². The predicted octanol–water partition coefficient (Wildman–Crippen LogP) is 5.23. The minimum atomic E-state index is -3.83. The van der Waals surface area contributed by atoms with Crippen LogP contribution in [-0.4, -0.2) is 14.3 Å². The van der Waals surface area contributed by atoms with Gasteiger partial charge in [0.2, 0.25) is 0 Å². The molecular weight excluding hydrogens is 408 g/mol. The van der Waals surface area contributed by atoms with E-state index in [1.807, 2.05) is 64.1 Å². The number of rotatable bonds is 7. The number of hydrogen-bond donors (Lipinski definition) is 2. The summed E-state index contributed by atoms with van der Waals surface area (Å²) in [6.07, 6.45) is 0. The molecule has 0 saturated heterocycles. The molecule has 6 heteroatoms. The molecule has 0 aliphatic carbocycles. The van der Waals surface area contributed by atoms with Crippen molar-refractivity contribution in [3.63, 3.8) is 0 Å². The Hall–Kier alpha value is -3.12. The normalized spacial score (nSPS) is 12.4. The standard InChI is InChI=1S/C25H28N2O3S/c1-17(2)24(22-14-7-5-10-18(22)3)26-25(28)20-12-9-13-21(16-20)31(29,30)27-23-15-8-6-11-19(23)4/h5-17,24,27H,1-4H3,(H,26,28)/t24-/m0/s1. The van der Waals surface area contributed by atoms with E-state index in [-0.39, 0.29) is 22.8 Å². The first-order chi connectivity index (χ1) is 14.7. The summed E-state index contributed by atoms with van der Waals surface area (Å²) in [6, 6.07) is 21.0. The maximum Gasteiger partial charge on any atom is 0.261 e. The van der Waals surface area contributed by atoms with Gasteiger partial charge in [0.1, 0.15) is 0 Å². The highest BCUT2D eigenvalue weighted by atomic mass is 32.2. The molecule has 0 aliphatic heterocycles. The van der Waals surface area contributed by atoms with Crippen LogP contribution in [0.1, 0.15) is 46.9 Å². The van der Waals surface area contributed by atoms with Crippen LogP contribution in [0, 0.1) is 19.8 Å². The summed E-state index contributed by atoms with van der Waals surface area (Å²) in [6.45, 7) is 7.94. The first kappa shape index (κ1) is 22.6. The Bertz CT molecular complexity index is 1190. The fourth-order valence-corrected chi connectivity index (χ4v) is 4.64. The summed E-state index contributed by atoms with van der Waals surface area (Å²) < 4.78 is 28.4. The second-order valence-corrected chi connectivity index (χ2v) is 9.68. The molecule has 2 N–H and O–H groups in total. The van der Waals surface area contributed by atoms with Gasteiger partial charge in [0.15, 0.2) is 0 Å². The highest BCUT2D eigenvalue weighted by Crippen LogP contribution is 2.26. The molecule has 0 fully saturated rings. The third kappa shape index (κ3) is 5.33. The lowest BCUT2D eigenvalue weighted by Gasteiger charge is -2.24. The van der Waals surface area contributed by atoms with E-state index in [0.29, 0.717) is 11.3 Å². The SMILES string of the molecule is Cc1ccccc1NS(=O)(=O)c1cccc(C(=O)N[C@H](c2ccccc2C)C(C)C)c1. The number of para-hydroxylation sites is 1. The van der Waals surface area contributed by atoms with Crippen LogP contribution in [0.5, 0.6) is 0 Å². The molecule has 1 amide bonds. The number of carbonyl (C=O) groups is 1. The van der Waals surface area contributed by atoms with E-state index in [9.17, 15) is 13.2 Å². The van der Waals surface area contributed by atoms with Crippen LogP contribution in [0.3, 0.4) is 0 Å². The Kier molecular flexibility index (Phi) is 6.81. The van der Waals surface area contributed by atoms with E-state index in [0.717, 1.165) is 16.7 Å². The zero-order chi connectivity index (χ0) is 22.6. The molecule has 0 aliphatic rings. The largest absolute Gasteiger partial charge is 0.345 e. The van der Waals surface area contributed by atoms with Crippen molar-refractivity contribution in [1.82, 2.24) is 5.32 Å². The Labute approximate surface area is 184 Å². The van der Waals surface area contributed by atoms with E-state index in [1.165, 1.54) is 12.1 Å². The van der Waals surface area contributed by atoms with Crippen LogP contribution in [0.15, 0.2) is 77.7 Å². The molecular formula is C25H28N2O3S. The molecule has 162 valence electrons. The highest BCUT2D eigenvalue weighted by Gasteiger charge is 2.22. The summed E-state index contributed by atoms with van der Waals surface area (Å²) in [5.74, 6) is -0.144. The molecule has 5 nitrogen and oxygen atoms in total. The lowest BCUT2D eigenvalue weighted by atomic mass is 9.92. The maximum absolute atomic E-state index is 13.0. The maximum atomic E-state index is 13.0. The summed E-state index contributed by atoms with van der Waals surface area (Å²) >= 11 is 0. The Morgan fingerprint density at radius 2 is 1.48 bits per heavy atom. The van der Waals surface area contributed by atoms with Crippen LogP contribution in [0.4, 0.5) is 5.69 Å². The van der Waals surface area contributed by atoms with Crippen molar-refractivity contribution in [3.8, 4) is 0 Å². The van der Waals surface area contributed by atoms with Crippen LogP contribution in [0.2, 0.25) is 0 Å². The summed E-state index contributed by atoms with van der Waals surface area (Å²) in [5, 5.41) is 3.07. The Balaban J connectivity index is 1.86. The summed E-state index contributed by atoms with van der Waals surface area (Å²) in [7, 11) is -3.83. The molecule has 3 aromatic carbocycles. The van der Waals surface area contributed by atoms with Crippen molar-refractivity contribution >= 4 is 21.6 Å². The molecule has 0 bridgehead atoms. The lowest BCUT2D eigenvalue weighted by Crippen LogP contribution is -2.32. The number of amides is 1. The van der Waals surface area contributed by atoms with Gasteiger partial charge in [-0.3, -0.25) is 9.52 Å². The van der Waals surface area contributed by atoms with E-state index in [2.05, 4.69) is 10.0 Å². The lowest BCUT2D eigenvalue weighted by molar-refractivity contribution is 0.0925. The van der Waals surface area contributed by atoms with Gasteiger partial charge in [-0.25, -0.2) is 8.42 Å². The van der Waals surface area contributed by atoms with Gasteiger partial charge in [0, 0.05) is 5.56 Å². The van der Waals surface area contributed by atoms with E-state index >= 15 is 0 Å². The molecule has 0 unspecified atom stereocenters. The molecule has 31 heavy (non-hydrogen) atoms. The molecule has 3 aromatic rings. The smallest absolute Gasteiger partial charge is 0.261 e. The second kappa shape index (κ2) is 9.35. The third-order valence-corrected chi connectivity index (χ3v) is 6.64. The van der Waals surface area contributed by atoms with E-state index < -0.39 is 10.0 Å². The summed E-state index contributed by atoms with van der Waals surface area (Å²) in [5.41, 5.74) is 3.78.